The summed E-state index contributed by atoms with van der Waals surface area (Å²) in [6, 6.07) is 14.3. The Kier molecular flexibility index (Phi) is 6.79. The van der Waals surface area contributed by atoms with Gasteiger partial charge in [0.05, 0.1) is 12.5 Å². The van der Waals surface area contributed by atoms with Crippen LogP contribution < -0.4 is 0 Å². The van der Waals surface area contributed by atoms with Crippen LogP contribution in [0.3, 0.4) is 0 Å². The van der Waals surface area contributed by atoms with Crippen LogP contribution in [0.1, 0.15) is 24.1 Å². The molecule has 0 aliphatic carbocycles. The molecular weight excluding hydrogens is 398 g/mol. The normalized spacial score (nSPS) is 18.2. The van der Waals surface area contributed by atoms with E-state index < -0.39 is 23.2 Å². The molecule has 1 aromatic heterocycles. The molecule has 3 amide bonds. The molecule has 1 aromatic carbocycles. The molecule has 0 N–H and O–H groups in total. The highest BCUT2D eigenvalue weighted by Gasteiger charge is 2.53. The van der Waals surface area contributed by atoms with Gasteiger partial charge in [0.1, 0.15) is 6.54 Å². The van der Waals surface area contributed by atoms with E-state index in [-0.39, 0.29) is 31.8 Å². The monoisotopic (exact) mass is 423 g/mol. The van der Waals surface area contributed by atoms with E-state index >= 15 is 0 Å². The molecule has 3 rings (SSSR count). The van der Waals surface area contributed by atoms with E-state index in [1.807, 2.05) is 18.2 Å². The zero-order valence-electron chi connectivity index (χ0n) is 17.6. The zero-order valence-corrected chi connectivity index (χ0v) is 17.6. The van der Waals surface area contributed by atoms with Crippen LogP contribution in [0.4, 0.5) is 0 Å². The fraction of sp³-hybridized carbons (Fsp3) is 0.348. The Balaban J connectivity index is 1.85. The standard InChI is InChI=1S/C23H25N3O5/c1-25(16-21(29)31-2)19(27)14-23(17-8-4-3-5-9-17)15-20(28)26(22(23)30)13-11-18-10-6-7-12-24-18/h3-10,12H,11,13-16H2,1-2H3/t23-/m0/s1. The summed E-state index contributed by atoms with van der Waals surface area (Å²) in [7, 11) is 2.71. The van der Waals surface area contributed by atoms with Gasteiger partial charge in [-0.3, -0.25) is 29.1 Å². The fourth-order valence-electron chi connectivity index (χ4n) is 3.76. The molecule has 0 saturated carbocycles. The van der Waals surface area contributed by atoms with Gasteiger partial charge in [0.15, 0.2) is 0 Å². The van der Waals surface area contributed by atoms with Crippen LogP contribution in [0.25, 0.3) is 0 Å². The van der Waals surface area contributed by atoms with Crippen molar-refractivity contribution in [3.8, 4) is 0 Å². The highest BCUT2D eigenvalue weighted by Crippen LogP contribution is 2.40. The molecule has 162 valence electrons. The summed E-state index contributed by atoms with van der Waals surface area (Å²) in [5, 5.41) is 0. The van der Waals surface area contributed by atoms with Crippen molar-refractivity contribution in [1.82, 2.24) is 14.8 Å². The lowest BCUT2D eigenvalue weighted by molar-refractivity contribution is -0.147. The topological polar surface area (TPSA) is 96.9 Å². The van der Waals surface area contributed by atoms with E-state index in [2.05, 4.69) is 9.72 Å². The van der Waals surface area contributed by atoms with Crippen molar-refractivity contribution >= 4 is 23.7 Å². The Hall–Kier alpha value is -3.55. The molecule has 2 heterocycles. The van der Waals surface area contributed by atoms with Gasteiger partial charge in [0.25, 0.3) is 0 Å². The molecule has 1 atom stereocenters. The Morgan fingerprint density at radius 3 is 2.48 bits per heavy atom. The minimum Gasteiger partial charge on any atom is -0.468 e. The second-order valence-electron chi connectivity index (χ2n) is 7.55. The average Bonchev–Trinajstić information content (AvgIpc) is 3.03. The van der Waals surface area contributed by atoms with Gasteiger partial charge in [-0.2, -0.15) is 0 Å². The van der Waals surface area contributed by atoms with Gasteiger partial charge < -0.3 is 9.64 Å². The molecule has 2 aromatic rings. The first kappa shape index (κ1) is 22.1. The van der Waals surface area contributed by atoms with Crippen molar-refractivity contribution in [2.24, 2.45) is 0 Å². The van der Waals surface area contributed by atoms with Gasteiger partial charge in [-0.25, -0.2) is 0 Å². The largest absolute Gasteiger partial charge is 0.468 e. The second kappa shape index (κ2) is 9.51. The molecule has 0 radical (unpaired) electrons. The zero-order chi connectivity index (χ0) is 22.4. The first-order valence-corrected chi connectivity index (χ1v) is 9.98. The van der Waals surface area contributed by atoms with Gasteiger partial charge in [0.2, 0.25) is 17.7 Å². The van der Waals surface area contributed by atoms with Crippen LogP contribution in [0.2, 0.25) is 0 Å². The first-order chi connectivity index (χ1) is 14.9. The lowest BCUT2D eigenvalue weighted by Gasteiger charge is -2.29. The van der Waals surface area contributed by atoms with Crippen LogP contribution in [0, 0.1) is 0 Å². The van der Waals surface area contributed by atoms with Crippen LogP contribution >= 0.6 is 0 Å². The maximum absolute atomic E-state index is 13.5. The number of methoxy groups -OCH3 is 1. The number of nitrogens with zero attached hydrogens (tertiary/aromatic N) is 3. The predicted molar refractivity (Wildman–Crippen MR) is 112 cm³/mol. The molecule has 0 spiro atoms. The summed E-state index contributed by atoms with van der Waals surface area (Å²) < 4.78 is 4.61. The fourth-order valence-corrected chi connectivity index (χ4v) is 3.76. The van der Waals surface area contributed by atoms with Crippen molar-refractivity contribution in [2.45, 2.75) is 24.7 Å². The quantitative estimate of drug-likeness (QED) is 0.470. The third kappa shape index (κ3) is 4.79. The number of carbonyl (C=O) groups excluding carboxylic acids is 4. The average molecular weight is 423 g/mol. The van der Waals surface area contributed by atoms with E-state index in [1.165, 1.54) is 24.0 Å². The molecule has 8 nitrogen and oxygen atoms in total. The number of esters is 1. The molecule has 1 aliphatic rings. The van der Waals surface area contributed by atoms with Crippen LogP contribution in [-0.2, 0) is 35.8 Å². The van der Waals surface area contributed by atoms with Crippen molar-refractivity contribution in [2.75, 3.05) is 27.2 Å². The summed E-state index contributed by atoms with van der Waals surface area (Å²) >= 11 is 0. The van der Waals surface area contributed by atoms with Crippen molar-refractivity contribution in [3.05, 3.63) is 66.0 Å². The molecular formula is C23H25N3O5. The number of hydrogen-bond donors (Lipinski definition) is 0. The number of carbonyl (C=O) groups is 4. The smallest absolute Gasteiger partial charge is 0.325 e. The first-order valence-electron chi connectivity index (χ1n) is 9.98. The van der Waals surface area contributed by atoms with E-state index in [1.54, 1.807) is 36.5 Å². The molecule has 8 heteroatoms. The summed E-state index contributed by atoms with van der Waals surface area (Å²) in [5.41, 5.74) is 0.0758. The predicted octanol–water partition coefficient (Wildman–Crippen LogP) is 1.34. The van der Waals surface area contributed by atoms with Crippen molar-refractivity contribution < 1.29 is 23.9 Å². The molecule has 0 bridgehead atoms. The van der Waals surface area contributed by atoms with E-state index in [9.17, 15) is 19.2 Å². The van der Waals surface area contributed by atoms with Crippen LogP contribution in [0.5, 0.6) is 0 Å². The van der Waals surface area contributed by atoms with Gasteiger partial charge in [-0.05, 0) is 17.7 Å². The third-order valence-corrected chi connectivity index (χ3v) is 5.53. The van der Waals surface area contributed by atoms with Gasteiger partial charge in [0, 0.05) is 44.7 Å². The molecule has 31 heavy (non-hydrogen) atoms. The lowest BCUT2D eigenvalue weighted by Crippen LogP contribution is -2.44. The number of ether oxygens (including phenoxy) is 1. The Labute approximate surface area is 180 Å². The van der Waals surface area contributed by atoms with E-state index in [4.69, 9.17) is 0 Å². The summed E-state index contributed by atoms with van der Waals surface area (Å²) in [4.78, 5) is 57.5. The number of imide groups is 1. The van der Waals surface area contributed by atoms with Crippen LogP contribution in [-0.4, -0.2) is 65.7 Å². The van der Waals surface area contributed by atoms with Gasteiger partial charge in [-0.1, -0.05) is 36.4 Å². The maximum atomic E-state index is 13.5. The van der Waals surface area contributed by atoms with E-state index in [0.717, 1.165) is 5.69 Å². The minimum atomic E-state index is -1.30. The van der Waals surface area contributed by atoms with Gasteiger partial charge >= 0.3 is 5.97 Å². The number of likely N-dealkylation sites (N-methyl/N-ethyl adjacent to an activating group) is 1. The molecule has 1 saturated heterocycles. The number of aromatic nitrogens is 1. The molecule has 1 fully saturated rings. The Morgan fingerprint density at radius 1 is 1.13 bits per heavy atom. The van der Waals surface area contributed by atoms with Crippen molar-refractivity contribution in [1.29, 1.82) is 0 Å². The maximum Gasteiger partial charge on any atom is 0.325 e. The molecule has 1 aliphatic heterocycles. The minimum absolute atomic E-state index is 0.101. The number of likely N-dealkylation sites (tertiary alicyclic amines) is 1. The molecule has 0 unspecified atom stereocenters. The van der Waals surface area contributed by atoms with E-state index in [0.29, 0.717) is 12.0 Å². The Morgan fingerprint density at radius 2 is 1.84 bits per heavy atom. The number of hydrogen-bond acceptors (Lipinski definition) is 6. The summed E-state index contributed by atoms with van der Waals surface area (Å²) in [6.45, 7) is -0.0405. The number of amides is 3. The van der Waals surface area contributed by atoms with Crippen molar-refractivity contribution in [3.63, 3.8) is 0 Å². The summed E-state index contributed by atoms with van der Waals surface area (Å²) in [6.07, 6.45) is 1.78. The second-order valence-corrected chi connectivity index (χ2v) is 7.55. The third-order valence-electron chi connectivity index (χ3n) is 5.53. The number of rotatable bonds is 8. The highest BCUT2D eigenvalue weighted by molar-refractivity contribution is 6.10. The number of pyridine rings is 1. The van der Waals surface area contributed by atoms with Gasteiger partial charge in [-0.15, -0.1) is 0 Å². The SMILES string of the molecule is COC(=O)CN(C)C(=O)C[C@@]1(c2ccccc2)CC(=O)N(CCc2ccccn2)C1=O. The van der Waals surface area contributed by atoms with Crippen LogP contribution in [0.15, 0.2) is 54.7 Å². The summed E-state index contributed by atoms with van der Waals surface area (Å²) in [5.74, 6) is -1.70. The lowest BCUT2D eigenvalue weighted by atomic mass is 9.75. The highest BCUT2D eigenvalue weighted by atomic mass is 16.5. The Bertz CT molecular complexity index is 964. The number of benzene rings is 1.